The number of para-hydroxylation sites is 1. The molecule has 4 heterocycles. The van der Waals surface area contributed by atoms with Gasteiger partial charge >= 0.3 is 0 Å². The second kappa shape index (κ2) is 10.8. The van der Waals surface area contributed by atoms with Crippen LogP contribution in [-0.4, -0.2) is 25.7 Å². The Morgan fingerprint density at radius 2 is 1.54 bits per heavy atom. The molecule has 6 heteroatoms. The van der Waals surface area contributed by atoms with Crippen LogP contribution < -0.4 is 4.74 Å². The van der Waals surface area contributed by atoms with Crippen LogP contribution in [0.4, 0.5) is 0 Å². The zero-order valence-corrected chi connectivity index (χ0v) is 22.3. The number of fused-ring (bicyclic) bond motifs is 6. The summed E-state index contributed by atoms with van der Waals surface area (Å²) in [4.78, 5) is 8.94. The molecule has 0 aliphatic rings. The van der Waals surface area contributed by atoms with Crippen LogP contribution in [0.3, 0.4) is 0 Å². The van der Waals surface area contributed by atoms with Gasteiger partial charge in [0.05, 0.1) is 35.0 Å². The average Bonchev–Trinajstić information content (AvgIpc) is 3.40. The molecular formula is C31H33ClN4O. The van der Waals surface area contributed by atoms with E-state index in [1.165, 1.54) is 50.0 Å². The Hall–Kier alpha value is -3.57. The summed E-state index contributed by atoms with van der Waals surface area (Å²) in [6.07, 6.45) is 10.1. The minimum absolute atomic E-state index is 0. The maximum Gasteiger partial charge on any atom is 0.121 e. The van der Waals surface area contributed by atoms with E-state index in [1.54, 1.807) is 0 Å². The van der Waals surface area contributed by atoms with E-state index in [-0.39, 0.29) is 12.4 Å². The monoisotopic (exact) mass is 512 g/mol. The molecule has 190 valence electrons. The highest BCUT2D eigenvalue weighted by atomic mass is 35.5. The van der Waals surface area contributed by atoms with Gasteiger partial charge < -0.3 is 13.9 Å². The van der Waals surface area contributed by atoms with Crippen LogP contribution in [0.25, 0.3) is 43.6 Å². The van der Waals surface area contributed by atoms with Crippen LogP contribution in [0.15, 0.2) is 73.2 Å². The summed E-state index contributed by atoms with van der Waals surface area (Å²) < 4.78 is 11.1. The van der Waals surface area contributed by atoms with Gasteiger partial charge in [-0.25, -0.2) is 0 Å². The first-order valence-electron chi connectivity index (χ1n) is 13.1. The van der Waals surface area contributed by atoms with Crippen molar-refractivity contribution >= 4 is 56.0 Å². The Bertz CT molecular complexity index is 1630. The van der Waals surface area contributed by atoms with Crippen molar-refractivity contribution in [3.8, 4) is 5.75 Å². The molecule has 0 unspecified atom stereocenters. The van der Waals surface area contributed by atoms with Gasteiger partial charge in [0.15, 0.2) is 0 Å². The van der Waals surface area contributed by atoms with Gasteiger partial charge in [-0.05, 0) is 56.5 Å². The van der Waals surface area contributed by atoms with Gasteiger partial charge in [0.1, 0.15) is 5.75 Å². The van der Waals surface area contributed by atoms with Gasteiger partial charge in [-0.1, -0.05) is 31.5 Å². The van der Waals surface area contributed by atoms with Crippen LogP contribution >= 0.6 is 12.4 Å². The standard InChI is InChI=1S/C31H32N4O.ClH/c1-3-4-17-35-29-20-23(11-12-25(29)27-14-16-33-22(2)31(27)35)36-19-8-7-18-34-28-10-6-5-9-24(28)26-13-15-32-21-30(26)34;/h5-6,9-16,20-21H,3-4,7-8,17-19H2,1-2H3;1H. The molecule has 0 radical (unpaired) electrons. The molecule has 0 N–H and O–H groups in total. The number of hydrogen-bond acceptors (Lipinski definition) is 3. The predicted octanol–water partition coefficient (Wildman–Crippen LogP) is 8.08. The molecule has 0 saturated carbocycles. The predicted molar refractivity (Wildman–Crippen MR) is 156 cm³/mol. The molecule has 0 aliphatic carbocycles. The van der Waals surface area contributed by atoms with E-state index in [4.69, 9.17) is 4.74 Å². The number of benzene rings is 2. The fourth-order valence-corrected chi connectivity index (χ4v) is 5.54. The van der Waals surface area contributed by atoms with Crippen molar-refractivity contribution in [2.45, 2.75) is 52.6 Å². The Labute approximate surface area is 223 Å². The maximum atomic E-state index is 6.24. The summed E-state index contributed by atoms with van der Waals surface area (Å²) in [6.45, 7) is 7.00. The zero-order chi connectivity index (χ0) is 24.5. The molecule has 4 aromatic heterocycles. The molecule has 0 fully saturated rings. The molecule has 0 aliphatic heterocycles. The molecule has 0 bridgehead atoms. The lowest BCUT2D eigenvalue weighted by molar-refractivity contribution is 0.304. The zero-order valence-electron chi connectivity index (χ0n) is 21.5. The Balaban J connectivity index is 0.00000280. The summed E-state index contributed by atoms with van der Waals surface area (Å²) in [6, 6.07) is 19.4. The van der Waals surface area contributed by atoms with E-state index in [1.807, 2.05) is 18.6 Å². The molecule has 5 nitrogen and oxygen atoms in total. The molecule has 0 atom stereocenters. The second-order valence-electron chi connectivity index (χ2n) is 9.59. The van der Waals surface area contributed by atoms with Crippen molar-refractivity contribution in [2.24, 2.45) is 0 Å². The van der Waals surface area contributed by atoms with Crippen LogP contribution in [-0.2, 0) is 13.1 Å². The summed E-state index contributed by atoms with van der Waals surface area (Å²) in [5.74, 6) is 0.940. The third-order valence-corrected chi connectivity index (χ3v) is 7.28. The van der Waals surface area contributed by atoms with Crippen molar-refractivity contribution in [3.63, 3.8) is 0 Å². The topological polar surface area (TPSA) is 44.9 Å². The lowest BCUT2D eigenvalue weighted by Gasteiger charge is -2.10. The highest BCUT2D eigenvalue weighted by molar-refractivity contribution is 6.09. The second-order valence-corrected chi connectivity index (χ2v) is 9.59. The number of hydrogen-bond donors (Lipinski definition) is 0. The lowest BCUT2D eigenvalue weighted by atomic mass is 10.1. The van der Waals surface area contributed by atoms with Crippen molar-refractivity contribution in [2.75, 3.05) is 6.61 Å². The first kappa shape index (κ1) is 25.1. The average molecular weight is 513 g/mol. The first-order valence-corrected chi connectivity index (χ1v) is 13.1. The third-order valence-electron chi connectivity index (χ3n) is 7.28. The highest BCUT2D eigenvalue weighted by Gasteiger charge is 2.14. The number of nitrogens with zero attached hydrogens (tertiary/aromatic N) is 4. The molecule has 6 aromatic rings. The third kappa shape index (κ3) is 4.53. The maximum absolute atomic E-state index is 6.24. The fourth-order valence-electron chi connectivity index (χ4n) is 5.54. The number of ether oxygens (including phenoxy) is 1. The summed E-state index contributed by atoms with van der Waals surface area (Å²) >= 11 is 0. The van der Waals surface area contributed by atoms with Crippen molar-refractivity contribution in [1.82, 2.24) is 19.1 Å². The van der Waals surface area contributed by atoms with E-state index < -0.39 is 0 Å². The van der Waals surface area contributed by atoms with E-state index in [2.05, 4.69) is 87.5 Å². The Morgan fingerprint density at radius 1 is 0.757 bits per heavy atom. The van der Waals surface area contributed by atoms with Crippen LogP contribution in [0.2, 0.25) is 0 Å². The number of aromatic nitrogens is 4. The molecule has 0 saturated heterocycles. The summed E-state index contributed by atoms with van der Waals surface area (Å²) in [7, 11) is 0. The SMILES string of the molecule is CCCCn1c2cc(OCCCCn3c4ccccc4c4ccncc43)ccc2c2ccnc(C)c21.Cl. The lowest BCUT2D eigenvalue weighted by Crippen LogP contribution is -2.03. The fraction of sp³-hybridized carbons (Fsp3) is 0.290. The van der Waals surface area contributed by atoms with E-state index in [0.717, 1.165) is 43.8 Å². The van der Waals surface area contributed by atoms with Crippen LogP contribution in [0, 0.1) is 6.92 Å². The smallest absolute Gasteiger partial charge is 0.121 e. The highest BCUT2D eigenvalue weighted by Crippen LogP contribution is 2.33. The van der Waals surface area contributed by atoms with Gasteiger partial charge in [0.25, 0.3) is 0 Å². The normalized spacial score (nSPS) is 11.5. The minimum Gasteiger partial charge on any atom is -0.494 e. The molecule has 0 amide bonds. The van der Waals surface area contributed by atoms with E-state index >= 15 is 0 Å². The number of aryl methyl sites for hydroxylation is 3. The van der Waals surface area contributed by atoms with Crippen LogP contribution in [0.5, 0.6) is 5.75 Å². The van der Waals surface area contributed by atoms with Crippen molar-refractivity contribution in [1.29, 1.82) is 0 Å². The molecule has 37 heavy (non-hydrogen) atoms. The quantitative estimate of drug-likeness (QED) is 0.184. The number of halogens is 1. The molecular weight excluding hydrogens is 480 g/mol. The van der Waals surface area contributed by atoms with Gasteiger partial charge in [-0.3, -0.25) is 9.97 Å². The Morgan fingerprint density at radius 3 is 2.43 bits per heavy atom. The van der Waals surface area contributed by atoms with Gasteiger partial charge in [0, 0.05) is 58.6 Å². The number of unbranched alkanes of at least 4 members (excludes halogenated alkanes) is 2. The number of pyridine rings is 2. The molecule has 2 aromatic carbocycles. The van der Waals surface area contributed by atoms with Crippen molar-refractivity contribution in [3.05, 3.63) is 78.9 Å². The van der Waals surface area contributed by atoms with Gasteiger partial charge in [0.2, 0.25) is 0 Å². The first-order chi connectivity index (χ1) is 17.8. The van der Waals surface area contributed by atoms with Crippen molar-refractivity contribution < 1.29 is 4.74 Å². The largest absolute Gasteiger partial charge is 0.494 e. The van der Waals surface area contributed by atoms with E-state index in [9.17, 15) is 0 Å². The van der Waals surface area contributed by atoms with Gasteiger partial charge in [-0.2, -0.15) is 0 Å². The summed E-state index contributed by atoms with van der Waals surface area (Å²) in [5, 5.41) is 5.12. The summed E-state index contributed by atoms with van der Waals surface area (Å²) in [5.41, 5.74) is 6.05. The van der Waals surface area contributed by atoms with Gasteiger partial charge in [-0.15, -0.1) is 12.4 Å². The van der Waals surface area contributed by atoms with E-state index in [0.29, 0.717) is 6.61 Å². The molecule has 6 rings (SSSR count). The Kier molecular flexibility index (Phi) is 7.33. The minimum atomic E-state index is 0. The number of rotatable bonds is 9. The molecule has 0 spiro atoms. The van der Waals surface area contributed by atoms with Crippen LogP contribution in [0.1, 0.15) is 38.3 Å².